The number of amides is 3. The number of ether oxygens (including phenoxy) is 1. The van der Waals surface area contributed by atoms with Crippen LogP contribution in [-0.2, 0) is 4.79 Å². The molecule has 0 saturated heterocycles. The highest BCUT2D eigenvalue weighted by Gasteiger charge is 2.12. The average molecular weight is 381 g/mol. The Balaban J connectivity index is 1.97. The molecule has 0 aromatic heterocycles. The van der Waals surface area contributed by atoms with Gasteiger partial charge in [-0.15, -0.1) is 0 Å². The van der Waals surface area contributed by atoms with E-state index < -0.39 is 16.9 Å². The first-order valence-electron chi connectivity index (χ1n) is 7.80. The summed E-state index contributed by atoms with van der Waals surface area (Å²) in [5.41, 5.74) is 4.43. The minimum Gasteiger partial charge on any atom is -0.497 e. The number of hydrogen-bond donors (Lipinski definition) is 3. The second-order valence-corrected chi connectivity index (χ2v) is 5.28. The quantitative estimate of drug-likeness (QED) is 0.314. The Hall–Kier alpha value is -4.39. The van der Waals surface area contributed by atoms with Crippen molar-refractivity contribution in [3.63, 3.8) is 0 Å². The van der Waals surface area contributed by atoms with Crippen LogP contribution in [0.15, 0.2) is 54.1 Å². The van der Waals surface area contributed by atoms with Crippen LogP contribution in [0.3, 0.4) is 0 Å². The molecule has 0 heterocycles. The average Bonchev–Trinajstić information content (AvgIpc) is 2.71. The molecule has 0 atom stereocenters. The van der Waals surface area contributed by atoms with E-state index in [9.17, 15) is 19.7 Å². The van der Waals surface area contributed by atoms with Crippen LogP contribution in [0.4, 0.5) is 16.2 Å². The molecule has 0 saturated carbocycles. The summed E-state index contributed by atoms with van der Waals surface area (Å²) in [6.07, 6.45) is 1.17. The zero-order valence-electron chi connectivity index (χ0n) is 14.6. The first kappa shape index (κ1) is 19.9. The highest BCUT2D eigenvalue weighted by Crippen LogP contribution is 2.16. The summed E-state index contributed by atoms with van der Waals surface area (Å²) in [4.78, 5) is 34.1. The molecule has 3 N–H and O–H groups in total. The Morgan fingerprint density at radius 2 is 1.89 bits per heavy atom. The second-order valence-electron chi connectivity index (χ2n) is 5.28. The van der Waals surface area contributed by atoms with Gasteiger partial charge in [-0.3, -0.25) is 20.3 Å². The maximum atomic E-state index is 12.0. The Kier molecular flexibility index (Phi) is 6.65. The van der Waals surface area contributed by atoms with Crippen LogP contribution < -0.4 is 20.9 Å². The zero-order chi connectivity index (χ0) is 20.5. The van der Waals surface area contributed by atoms with E-state index in [2.05, 4.69) is 16.2 Å². The Bertz CT molecular complexity index is 963. The van der Waals surface area contributed by atoms with Gasteiger partial charge in [0.1, 0.15) is 17.4 Å². The molecule has 2 aromatic rings. The molecule has 0 aliphatic rings. The molecular weight excluding hydrogens is 366 g/mol. The molecular formula is C18H15N5O5. The number of benzene rings is 2. The minimum atomic E-state index is -0.876. The first-order valence-corrected chi connectivity index (χ1v) is 7.80. The molecule has 10 nitrogen and oxygen atoms in total. The van der Waals surface area contributed by atoms with Crippen molar-refractivity contribution in [1.29, 1.82) is 5.26 Å². The number of nitriles is 1. The van der Waals surface area contributed by atoms with E-state index in [1.54, 1.807) is 30.3 Å². The number of nitro groups is 1. The Morgan fingerprint density at radius 1 is 1.18 bits per heavy atom. The molecule has 142 valence electrons. The summed E-state index contributed by atoms with van der Waals surface area (Å²) in [6, 6.07) is 12.9. The van der Waals surface area contributed by atoms with Gasteiger partial charge in [0.15, 0.2) is 0 Å². The van der Waals surface area contributed by atoms with E-state index in [0.29, 0.717) is 17.0 Å². The number of rotatable bonds is 5. The van der Waals surface area contributed by atoms with Crippen molar-refractivity contribution in [3.8, 4) is 11.8 Å². The molecule has 0 spiro atoms. The fourth-order valence-corrected chi connectivity index (χ4v) is 2.06. The van der Waals surface area contributed by atoms with Gasteiger partial charge in [0.25, 0.3) is 11.6 Å². The summed E-state index contributed by atoms with van der Waals surface area (Å²) in [5.74, 6) is -0.261. The van der Waals surface area contributed by atoms with Gasteiger partial charge in [-0.05, 0) is 35.9 Å². The Labute approximate surface area is 159 Å². The zero-order valence-corrected chi connectivity index (χ0v) is 14.6. The van der Waals surface area contributed by atoms with E-state index in [-0.39, 0.29) is 11.3 Å². The lowest BCUT2D eigenvalue weighted by Crippen LogP contribution is -2.44. The van der Waals surface area contributed by atoms with E-state index in [1.165, 1.54) is 37.5 Å². The lowest BCUT2D eigenvalue weighted by molar-refractivity contribution is -0.384. The van der Waals surface area contributed by atoms with Crippen molar-refractivity contribution in [3.05, 3.63) is 69.8 Å². The maximum absolute atomic E-state index is 12.0. The van der Waals surface area contributed by atoms with Crippen LogP contribution in [0.2, 0.25) is 0 Å². The fraction of sp³-hybridized carbons (Fsp3) is 0.0556. The third-order valence-electron chi connectivity index (χ3n) is 3.39. The minimum absolute atomic E-state index is 0.177. The predicted octanol–water partition coefficient (Wildman–Crippen LogP) is 2.36. The van der Waals surface area contributed by atoms with Gasteiger partial charge in [-0.1, -0.05) is 12.1 Å². The molecule has 0 unspecified atom stereocenters. The SMILES string of the molecule is COc1ccc(NC(=O)NNC(=O)/C(C#N)=C/c2cccc([N+](=O)[O-])c2)cc1. The van der Waals surface area contributed by atoms with Crippen molar-refractivity contribution in [2.24, 2.45) is 0 Å². The van der Waals surface area contributed by atoms with E-state index in [0.717, 1.165) is 0 Å². The standard InChI is InChI=1S/C18H15N5O5/c1-28-16-7-5-14(6-8-16)20-18(25)22-21-17(24)13(11-19)9-12-3-2-4-15(10-12)23(26)27/h2-10H,1H3,(H,21,24)(H2,20,22,25)/b13-9+. The van der Waals surface area contributed by atoms with Gasteiger partial charge in [0.2, 0.25) is 0 Å². The molecule has 0 fully saturated rings. The molecule has 2 aromatic carbocycles. The highest BCUT2D eigenvalue weighted by atomic mass is 16.6. The molecule has 10 heteroatoms. The fourth-order valence-electron chi connectivity index (χ4n) is 2.06. The molecule has 3 amide bonds. The van der Waals surface area contributed by atoms with Crippen molar-refractivity contribution in [2.75, 3.05) is 12.4 Å². The number of methoxy groups -OCH3 is 1. The van der Waals surface area contributed by atoms with Gasteiger partial charge in [-0.25, -0.2) is 10.2 Å². The number of nitrogens with zero attached hydrogens (tertiary/aromatic N) is 2. The normalized spacial score (nSPS) is 10.4. The number of non-ortho nitro benzene ring substituents is 1. The number of anilines is 1. The topological polar surface area (TPSA) is 146 Å². The smallest absolute Gasteiger partial charge is 0.337 e. The number of hydrazine groups is 1. The number of nitro benzene ring substituents is 1. The van der Waals surface area contributed by atoms with E-state index >= 15 is 0 Å². The lowest BCUT2D eigenvalue weighted by atomic mass is 10.1. The summed E-state index contributed by atoms with van der Waals surface area (Å²) in [5, 5.41) is 22.4. The largest absolute Gasteiger partial charge is 0.497 e. The van der Waals surface area contributed by atoms with Crippen LogP contribution in [0.1, 0.15) is 5.56 Å². The molecule has 0 bridgehead atoms. The predicted molar refractivity (Wildman–Crippen MR) is 100.0 cm³/mol. The highest BCUT2D eigenvalue weighted by molar-refractivity contribution is 6.03. The van der Waals surface area contributed by atoms with Crippen molar-refractivity contribution in [2.45, 2.75) is 0 Å². The number of carbonyl (C=O) groups is 2. The number of nitrogens with one attached hydrogen (secondary N) is 3. The Morgan fingerprint density at radius 3 is 2.50 bits per heavy atom. The van der Waals surface area contributed by atoms with Crippen molar-refractivity contribution in [1.82, 2.24) is 10.9 Å². The van der Waals surface area contributed by atoms with Gasteiger partial charge >= 0.3 is 6.03 Å². The van der Waals surface area contributed by atoms with Crippen molar-refractivity contribution < 1.29 is 19.2 Å². The van der Waals surface area contributed by atoms with E-state index in [1.807, 2.05) is 0 Å². The number of hydrogen-bond acceptors (Lipinski definition) is 6. The summed E-state index contributed by atoms with van der Waals surface area (Å²) in [6.45, 7) is 0. The van der Waals surface area contributed by atoms with Gasteiger partial charge in [0.05, 0.1) is 12.0 Å². The summed E-state index contributed by atoms with van der Waals surface area (Å²) in [7, 11) is 1.51. The number of urea groups is 1. The third kappa shape index (κ3) is 5.57. The molecule has 2 rings (SSSR count). The maximum Gasteiger partial charge on any atom is 0.337 e. The van der Waals surface area contributed by atoms with Crippen LogP contribution in [0, 0.1) is 21.4 Å². The second kappa shape index (κ2) is 9.35. The van der Waals surface area contributed by atoms with Crippen LogP contribution >= 0.6 is 0 Å². The van der Waals surface area contributed by atoms with Crippen LogP contribution in [0.5, 0.6) is 5.75 Å². The summed E-state index contributed by atoms with van der Waals surface area (Å²) >= 11 is 0. The van der Waals surface area contributed by atoms with Crippen LogP contribution in [0.25, 0.3) is 6.08 Å². The lowest BCUT2D eigenvalue weighted by Gasteiger charge is -2.09. The molecule has 0 radical (unpaired) electrons. The molecule has 0 aliphatic carbocycles. The summed E-state index contributed by atoms with van der Waals surface area (Å²) < 4.78 is 5.00. The number of carbonyl (C=O) groups excluding carboxylic acids is 2. The van der Waals surface area contributed by atoms with Crippen molar-refractivity contribution >= 4 is 29.4 Å². The molecule has 0 aliphatic heterocycles. The van der Waals surface area contributed by atoms with Gasteiger partial charge < -0.3 is 10.1 Å². The van der Waals surface area contributed by atoms with Gasteiger partial charge in [-0.2, -0.15) is 5.26 Å². The monoisotopic (exact) mass is 381 g/mol. The van der Waals surface area contributed by atoms with E-state index in [4.69, 9.17) is 10.00 Å². The third-order valence-corrected chi connectivity index (χ3v) is 3.39. The first-order chi connectivity index (χ1) is 13.4. The molecule has 28 heavy (non-hydrogen) atoms. The van der Waals surface area contributed by atoms with Crippen LogP contribution in [-0.4, -0.2) is 24.0 Å². The van der Waals surface area contributed by atoms with Gasteiger partial charge in [0, 0.05) is 17.8 Å².